The number of azo groups is 2. The van der Waals surface area contributed by atoms with Gasteiger partial charge in [-0.3, -0.25) is 0 Å². The minimum absolute atomic E-state index is 0.112. The Kier molecular flexibility index (Phi) is 4.45. The van der Waals surface area contributed by atoms with Gasteiger partial charge in [0.15, 0.2) is 20.6 Å². The van der Waals surface area contributed by atoms with Crippen molar-refractivity contribution in [1.82, 2.24) is 0 Å². The van der Waals surface area contributed by atoms with Gasteiger partial charge in [0.2, 0.25) is 0 Å². The molecule has 4 nitrogen and oxygen atoms in total. The Bertz CT molecular complexity index is 139. The van der Waals surface area contributed by atoms with Crippen molar-refractivity contribution in [3.05, 3.63) is 0 Å². The third-order valence-corrected chi connectivity index (χ3v) is 0.788. The molecule has 0 aliphatic heterocycles. The van der Waals surface area contributed by atoms with Crippen molar-refractivity contribution in [2.75, 3.05) is 27.2 Å². The molecule has 0 heterocycles. The second-order valence-electron chi connectivity index (χ2n) is 1.95. The zero-order valence-corrected chi connectivity index (χ0v) is 6.63. The molecule has 58 valence electrons. The van der Waals surface area contributed by atoms with Crippen molar-refractivity contribution in [2.45, 2.75) is 6.92 Å². The SMILES string of the molecule is CCOC(=O)CN=[N+](C)C. The Morgan fingerprint density at radius 2 is 2.20 bits per heavy atom. The van der Waals surface area contributed by atoms with Gasteiger partial charge < -0.3 is 4.74 Å². The number of nitrogens with zero attached hydrogens (tertiary/aromatic N) is 2. The molecular formula is C6H13N2O2+. The summed E-state index contributed by atoms with van der Waals surface area (Å²) in [5, 5.41) is 3.80. The highest BCUT2D eigenvalue weighted by atomic mass is 16.5. The molecule has 0 aliphatic rings. The summed E-state index contributed by atoms with van der Waals surface area (Å²) in [6, 6.07) is 0. The fraction of sp³-hybridized carbons (Fsp3) is 0.833. The fourth-order valence-electron chi connectivity index (χ4n) is 0.406. The van der Waals surface area contributed by atoms with Gasteiger partial charge in [-0.05, 0) is 12.0 Å². The molecule has 4 heteroatoms. The number of hydrogen-bond donors (Lipinski definition) is 0. The molecule has 0 fully saturated rings. The quantitative estimate of drug-likeness (QED) is 0.325. The van der Waals surface area contributed by atoms with E-state index < -0.39 is 0 Å². The number of ether oxygens (including phenoxy) is 1. The lowest BCUT2D eigenvalue weighted by molar-refractivity contribution is -0.537. The van der Waals surface area contributed by atoms with Crippen molar-refractivity contribution in [3.63, 3.8) is 0 Å². The molecule has 0 aromatic carbocycles. The van der Waals surface area contributed by atoms with Crippen molar-refractivity contribution >= 4 is 5.97 Å². The van der Waals surface area contributed by atoms with Crippen LogP contribution in [0.2, 0.25) is 0 Å². The minimum atomic E-state index is -0.281. The molecule has 0 radical (unpaired) electrons. The van der Waals surface area contributed by atoms with E-state index in [1.54, 1.807) is 25.7 Å². The average molecular weight is 145 g/mol. The lowest BCUT2D eigenvalue weighted by Crippen LogP contribution is -2.09. The summed E-state index contributed by atoms with van der Waals surface area (Å²) < 4.78 is 6.21. The maximum absolute atomic E-state index is 10.6. The zero-order chi connectivity index (χ0) is 7.98. The summed E-state index contributed by atoms with van der Waals surface area (Å²) in [6.45, 7) is 2.30. The van der Waals surface area contributed by atoms with Crippen LogP contribution in [-0.4, -0.2) is 37.9 Å². The molecule has 0 aromatic heterocycles. The summed E-state index contributed by atoms with van der Waals surface area (Å²) in [5.74, 6) is -0.281. The number of rotatable bonds is 3. The number of hydrogen-bond acceptors (Lipinski definition) is 3. The van der Waals surface area contributed by atoms with Crippen LogP contribution in [-0.2, 0) is 9.53 Å². The average Bonchev–Trinajstić information content (AvgIpc) is 1.85. The summed E-state index contributed by atoms with van der Waals surface area (Å²) in [7, 11) is 3.53. The smallest absolute Gasteiger partial charge is 0.333 e. The summed E-state index contributed by atoms with van der Waals surface area (Å²) in [6.07, 6.45) is 0. The lowest BCUT2D eigenvalue weighted by atomic mass is 10.7. The van der Waals surface area contributed by atoms with Gasteiger partial charge >= 0.3 is 5.97 Å². The number of esters is 1. The summed E-state index contributed by atoms with van der Waals surface area (Å²) in [5.41, 5.74) is 0. The van der Waals surface area contributed by atoms with Crippen LogP contribution in [0.15, 0.2) is 5.11 Å². The number of carbonyl (C=O) groups excluding carboxylic acids is 1. The first-order valence-electron chi connectivity index (χ1n) is 3.17. The van der Waals surface area contributed by atoms with Crippen molar-refractivity contribution in [3.8, 4) is 0 Å². The maximum atomic E-state index is 10.6. The highest BCUT2D eigenvalue weighted by Crippen LogP contribution is 1.78. The molecule has 0 saturated carbocycles. The van der Waals surface area contributed by atoms with Crippen LogP contribution in [0.25, 0.3) is 0 Å². The Morgan fingerprint density at radius 3 is 2.60 bits per heavy atom. The van der Waals surface area contributed by atoms with Crippen molar-refractivity contribution in [1.29, 1.82) is 0 Å². The maximum Gasteiger partial charge on any atom is 0.333 e. The van der Waals surface area contributed by atoms with Crippen LogP contribution in [0.1, 0.15) is 6.92 Å². The van der Waals surface area contributed by atoms with Gasteiger partial charge in [0.25, 0.3) is 0 Å². The van der Waals surface area contributed by atoms with Crippen LogP contribution >= 0.6 is 0 Å². The topological polar surface area (TPSA) is 41.7 Å². The van der Waals surface area contributed by atoms with Crippen LogP contribution in [0.5, 0.6) is 0 Å². The first-order valence-corrected chi connectivity index (χ1v) is 3.17. The molecule has 0 aliphatic carbocycles. The Labute approximate surface area is 60.5 Å². The molecule has 0 rings (SSSR count). The van der Waals surface area contributed by atoms with Gasteiger partial charge in [-0.2, -0.15) is 0 Å². The Morgan fingerprint density at radius 1 is 1.60 bits per heavy atom. The first-order chi connectivity index (χ1) is 4.66. The Balaban J connectivity index is 3.49. The highest BCUT2D eigenvalue weighted by molar-refractivity contribution is 5.71. The molecule has 0 N–H and O–H groups in total. The predicted molar refractivity (Wildman–Crippen MR) is 36.0 cm³/mol. The molecule has 10 heavy (non-hydrogen) atoms. The van der Waals surface area contributed by atoms with E-state index in [1.807, 2.05) is 0 Å². The van der Waals surface area contributed by atoms with E-state index in [0.717, 1.165) is 0 Å². The van der Waals surface area contributed by atoms with Crippen LogP contribution < -0.4 is 0 Å². The van der Waals surface area contributed by atoms with Gasteiger partial charge in [0.05, 0.1) is 6.61 Å². The molecule has 0 spiro atoms. The second kappa shape index (κ2) is 4.90. The molecule has 0 saturated heterocycles. The second-order valence-corrected chi connectivity index (χ2v) is 1.95. The van der Waals surface area contributed by atoms with Gasteiger partial charge in [-0.1, -0.05) is 0 Å². The fourth-order valence-corrected chi connectivity index (χ4v) is 0.406. The monoisotopic (exact) mass is 145 g/mol. The van der Waals surface area contributed by atoms with Crippen molar-refractivity contribution < 1.29 is 14.2 Å². The molecule has 0 aromatic rings. The van der Waals surface area contributed by atoms with Gasteiger partial charge in [-0.15, -0.1) is 4.70 Å². The van der Waals surface area contributed by atoms with Crippen LogP contribution in [0.3, 0.4) is 0 Å². The van der Waals surface area contributed by atoms with Crippen LogP contribution in [0, 0.1) is 0 Å². The zero-order valence-electron chi connectivity index (χ0n) is 6.63. The van der Waals surface area contributed by atoms with E-state index in [4.69, 9.17) is 0 Å². The Hall–Kier alpha value is -0.930. The van der Waals surface area contributed by atoms with Gasteiger partial charge in [0, 0.05) is 0 Å². The van der Waals surface area contributed by atoms with E-state index in [2.05, 4.69) is 9.85 Å². The van der Waals surface area contributed by atoms with Gasteiger partial charge in [0.1, 0.15) is 0 Å². The van der Waals surface area contributed by atoms with E-state index >= 15 is 0 Å². The van der Waals surface area contributed by atoms with E-state index in [1.165, 1.54) is 0 Å². The third-order valence-electron chi connectivity index (χ3n) is 0.788. The number of carbonyl (C=O) groups is 1. The first kappa shape index (κ1) is 9.07. The predicted octanol–water partition coefficient (Wildman–Crippen LogP) is 0.274. The largest absolute Gasteiger partial charge is 0.464 e. The lowest BCUT2D eigenvalue weighted by Gasteiger charge is -1.93. The minimum Gasteiger partial charge on any atom is -0.464 e. The molecule has 0 bridgehead atoms. The third kappa shape index (κ3) is 5.21. The van der Waals surface area contributed by atoms with E-state index in [9.17, 15) is 4.79 Å². The molecule has 0 amide bonds. The normalized spacial score (nSPS) is 8.70. The standard InChI is InChI=1S/C6H13N2O2/c1-4-10-6(9)5-7-8(2)3/h4-5H2,1-3H3/q+1. The highest BCUT2D eigenvalue weighted by Gasteiger charge is 2.00. The summed E-state index contributed by atoms with van der Waals surface area (Å²) >= 11 is 0. The van der Waals surface area contributed by atoms with E-state index in [0.29, 0.717) is 6.61 Å². The molecule has 0 unspecified atom stereocenters. The van der Waals surface area contributed by atoms with E-state index in [-0.39, 0.29) is 12.5 Å². The summed E-state index contributed by atoms with van der Waals surface area (Å²) in [4.78, 5) is 10.6. The van der Waals surface area contributed by atoms with Crippen molar-refractivity contribution in [2.24, 2.45) is 5.11 Å². The van der Waals surface area contributed by atoms with Crippen LogP contribution in [0.4, 0.5) is 0 Å². The molecule has 0 atom stereocenters. The molecular weight excluding hydrogens is 132 g/mol. The van der Waals surface area contributed by atoms with Gasteiger partial charge in [-0.25, -0.2) is 4.79 Å².